The van der Waals surface area contributed by atoms with Gasteiger partial charge in [0.15, 0.2) is 0 Å². The fourth-order valence-corrected chi connectivity index (χ4v) is 4.15. The van der Waals surface area contributed by atoms with Gasteiger partial charge in [-0.25, -0.2) is 0 Å². The standard InChI is InChI=1S/C16H30N2/c1-11(2)15-9-17-16(4,13-5-6-13)10-18(15)14-7-12(3)8-14/h11-15,17H,5-10H2,1-4H3. The number of nitrogens with one attached hydrogen (secondary N) is 1. The first-order chi connectivity index (χ1) is 8.49. The van der Waals surface area contributed by atoms with Crippen LogP contribution in [0.15, 0.2) is 0 Å². The second-order valence-corrected chi connectivity index (χ2v) is 7.79. The first-order valence-electron chi connectivity index (χ1n) is 8.00. The molecule has 3 aliphatic rings. The zero-order chi connectivity index (χ0) is 12.9. The summed E-state index contributed by atoms with van der Waals surface area (Å²) >= 11 is 0. The molecule has 0 aromatic carbocycles. The van der Waals surface area contributed by atoms with Crippen LogP contribution in [-0.2, 0) is 0 Å². The van der Waals surface area contributed by atoms with E-state index in [1.54, 1.807) is 0 Å². The van der Waals surface area contributed by atoms with Crippen molar-refractivity contribution in [2.45, 2.75) is 71.0 Å². The van der Waals surface area contributed by atoms with E-state index in [2.05, 4.69) is 37.9 Å². The van der Waals surface area contributed by atoms with Gasteiger partial charge in [-0.05, 0) is 50.4 Å². The van der Waals surface area contributed by atoms with Gasteiger partial charge in [-0.1, -0.05) is 20.8 Å². The second-order valence-electron chi connectivity index (χ2n) is 7.79. The van der Waals surface area contributed by atoms with Gasteiger partial charge < -0.3 is 5.32 Å². The Morgan fingerprint density at radius 3 is 2.39 bits per heavy atom. The van der Waals surface area contributed by atoms with E-state index in [1.165, 1.54) is 38.8 Å². The van der Waals surface area contributed by atoms with Gasteiger partial charge in [0.05, 0.1) is 0 Å². The first kappa shape index (κ1) is 12.9. The van der Waals surface area contributed by atoms with E-state index in [1.807, 2.05) is 0 Å². The van der Waals surface area contributed by atoms with Gasteiger partial charge in [-0.2, -0.15) is 0 Å². The van der Waals surface area contributed by atoms with E-state index in [4.69, 9.17) is 0 Å². The number of hydrogen-bond donors (Lipinski definition) is 1. The smallest absolute Gasteiger partial charge is 0.0309 e. The fraction of sp³-hybridized carbons (Fsp3) is 1.00. The van der Waals surface area contributed by atoms with Crippen molar-refractivity contribution < 1.29 is 0 Å². The predicted octanol–water partition coefficient (Wildman–Crippen LogP) is 2.88. The van der Waals surface area contributed by atoms with E-state index < -0.39 is 0 Å². The van der Waals surface area contributed by atoms with E-state index in [9.17, 15) is 0 Å². The minimum absolute atomic E-state index is 0.407. The second kappa shape index (κ2) is 4.49. The van der Waals surface area contributed by atoms with Crippen molar-refractivity contribution in [2.75, 3.05) is 13.1 Å². The Morgan fingerprint density at radius 2 is 1.89 bits per heavy atom. The Hall–Kier alpha value is -0.0800. The maximum atomic E-state index is 3.89. The molecule has 2 saturated carbocycles. The van der Waals surface area contributed by atoms with E-state index in [0.29, 0.717) is 5.54 Å². The van der Waals surface area contributed by atoms with Crippen LogP contribution in [0.3, 0.4) is 0 Å². The molecule has 1 heterocycles. The van der Waals surface area contributed by atoms with Crippen LogP contribution in [0, 0.1) is 17.8 Å². The lowest BCUT2D eigenvalue weighted by Crippen LogP contribution is -2.68. The van der Waals surface area contributed by atoms with Gasteiger partial charge in [0.1, 0.15) is 0 Å². The van der Waals surface area contributed by atoms with Crippen LogP contribution in [0.1, 0.15) is 53.4 Å². The molecular formula is C16H30N2. The Kier molecular flexibility index (Phi) is 3.22. The van der Waals surface area contributed by atoms with Crippen LogP contribution in [0.25, 0.3) is 0 Å². The maximum Gasteiger partial charge on any atom is 0.0309 e. The topological polar surface area (TPSA) is 15.3 Å². The molecule has 2 unspecified atom stereocenters. The first-order valence-corrected chi connectivity index (χ1v) is 8.00. The molecule has 1 aliphatic heterocycles. The van der Waals surface area contributed by atoms with Gasteiger partial charge in [0, 0.05) is 30.7 Å². The average Bonchev–Trinajstić information content (AvgIpc) is 3.08. The summed E-state index contributed by atoms with van der Waals surface area (Å²) < 4.78 is 0. The summed E-state index contributed by atoms with van der Waals surface area (Å²) in [6, 6.07) is 1.64. The van der Waals surface area contributed by atoms with Crippen LogP contribution in [0.2, 0.25) is 0 Å². The van der Waals surface area contributed by atoms with Crippen LogP contribution in [0.5, 0.6) is 0 Å². The molecule has 2 aliphatic carbocycles. The molecule has 3 fully saturated rings. The summed E-state index contributed by atoms with van der Waals surface area (Å²) in [5.41, 5.74) is 0.407. The average molecular weight is 250 g/mol. The fourth-order valence-electron chi connectivity index (χ4n) is 4.15. The third-order valence-electron chi connectivity index (χ3n) is 5.72. The summed E-state index contributed by atoms with van der Waals surface area (Å²) in [5.74, 6) is 2.69. The Labute approximate surface area is 113 Å². The number of nitrogens with zero attached hydrogens (tertiary/aromatic N) is 1. The minimum atomic E-state index is 0.407. The molecular weight excluding hydrogens is 220 g/mol. The molecule has 0 aromatic rings. The number of hydrogen-bond acceptors (Lipinski definition) is 2. The third-order valence-corrected chi connectivity index (χ3v) is 5.72. The Morgan fingerprint density at radius 1 is 1.22 bits per heavy atom. The maximum absolute atomic E-state index is 3.89. The van der Waals surface area contributed by atoms with Crippen molar-refractivity contribution >= 4 is 0 Å². The van der Waals surface area contributed by atoms with E-state index in [-0.39, 0.29) is 0 Å². The normalized spacial score (nSPS) is 46.2. The van der Waals surface area contributed by atoms with Crippen LogP contribution >= 0.6 is 0 Å². The molecule has 3 rings (SSSR count). The molecule has 0 aromatic heterocycles. The van der Waals surface area contributed by atoms with Crippen LogP contribution in [-0.4, -0.2) is 35.6 Å². The summed E-state index contributed by atoms with van der Waals surface area (Å²) in [7, 11) is 0. The molecule has 2 nitrogen and oxygen atoms in total. The van der Waals surface area contributed by atoms with Crippen molar-refractivity contribution in [3.8, 4) is 0 Å². The van der Waals surface area contributed by atoms with Crippen LogP contribution in [0.4, 0.5) is 0 Å². The van der Waals surface area contributed by atoms with Crippen molar-refractivity contribution in [1.29, 1.82) is 0 Å². The van der Waals surface area contributed by atoms with Crippen molar-refractivity contribution in [3.05, 3.63) is 0 Å². The summed E-state index contributed by atoms with van der Waals surface area (Å²) in [6.45, 7) is 12.1. The lowest BCUT2D eigenvalue weighted by atomic mass is 9.77. The largest absolute Gasteiger partial charge is 0.308 e. The highest BCUT2D eigenvalue weighted by Crippen LogP contribution is 2.44. The zero-order valence-electron chi connectivity index (χ0n) is 12.6. The molecule has 2 heteroatoms. The van der Waals surface area contributed by atoms with Gasteiger partial charge in [-0.3, -0.25) is 4.90 Å². The SMILES string of the molecule is CC1CC(N2CC(C)(C3CC3)NCC2C(C)C)C1. The Bertz CT molecular complexity index is 304. The van der Waals surface area contributed by atoms with E-state index >= 15 is 0 Å². The zero-order valence-corrected chi connectivity index (χ0v) is 12.6. The highest BCUT2D eigenvalue weighted by molar-refractivity contribution is 5.06. The lowest BCUT2D eigenvalue weighted by Gasteiger charge is -2.54. The Balaban J connectivity index is 1.71. The van der Waals surface area contributed by atoms with Gasteiger partial charge in [0.25, 0.3) is 0 Å². The minimum Gasteiger partial charge on any atom is -0.308 e. The molecule has 2 atom stereocenters. The predicted molar refractivity (Wildman–Crippen MR) is 76.6 cm³/mol. The summed E-state index contributed by atoms with van der Waals surface area (Å²) in [6.07, 6.45) is 5.77. The molecule has 1 N–H and O–H groups in total. The molecule has 104 valence electrons. The lowest BCUT2D eigenvalue weighted by molar-refractivity contribution is -0.0242. The highest BCUT2D eigenvalue weighted by Gasteiger charge is 2.49. The highest BCUT2D eigenvalue weighted by atomic mass is 15.3. The molecule has 0 amide bonds. The van der Waals surface area contributed by atoms with Gasteiger partial charge in [0.2, 0.25) is 0 Å². The van der Waals surface area contributed by atoms with Gasteiger partial charge >= 0.3 is 0 Å². The van der Waals surface area contributed by atoms with E-state index in [0.717, 1.165) is 29.8 Å². The van der Waals surface area contributed by atoms with Crippen molar-refractivity contribution in [1.82, 2.24) is 10.2 Å². The number of piperazine rings is 1. The molecule has 1 saturated heterocycles. The summed E-state index contributed by atoms with van der Waals surface area (Å²) in [5, 5.41) is 3.89. The van der Waals surface area contributed by atoms with Gasteiger partial charge in [-0.15, -0.1) is 0 Å². The molecule has 0 radical (unpaired) electrons. The monoisotopic (exact) mass is 250 g/mol. The molecule has 0 spiro atoms. The third kappa shape index (κ3) is 2.22. The summed E-state index contributed by atoms with van der Waals surface area (Å²) in [4.78, 5) is 2.87. The van der Waals surface area contributed by atoms with Crippen LogP contribution < -0.4 is 5.32 Å². The van der Waals surface area contributed by atoms with Crippen molar-refractivity contribution in [3.63, 3.8) is 0 Å². The molecule has 0 bridgehead atoms. The molecule has 18 heavy (non-hydrogen) atoms. The quantitative estimate of drug-likeness (QED) is 0.828. The van der Waals surface area contributed by atoms with Crippen molar-refractivity contribution in [2.24, 2.45) is 17.8 Å². The number of rotatable bonds is 3.